The number of fused-ring (bicyclic) bond motifs is 1. The fourth-order valence-electron chi connectivity index (χ4n) is 3.14. The predicted molar refractivity (Wildman–Crippen MR) is 115 cm³/mol. The van der Waals surface area contributed by atoms with Crippen molar-refractivity contribution in [3.8, 4) is 5.75 Å². The van der Waals surface area contributed by atoms with E-state index < -0.39 is 0 Å². The van der Waals surface area contributed by atoms with Gasteiger partial charge in [0.2, 0.25) is 0 Å². The lowest BCUT2D eigenvalue weighted by atomic mass is 10.1. The first-order chi connectivity index (χ1) is 14.2. The molecular weight excluding hydrogens is 362 g/mol. The van der Waals surface area contributed by atoms with E-state index >= 15 is 0 Å². The monoisotopic (exact) mass is 383 g/mol. The zero-order valence-corrected chi connectivity index (χ0v) is 16.1. The summed E-state index contributed by atoms with van der Waals surface area (Å²) in [4.78, 5) is 21.0. The summed E-state index contributed by atoms with van der Waals surface area (Å²) >= 11 is 0. The largest absolute Gasteiger partial charge is 0.496 e. The second-order valence-electron chi connectivity index (χ2n) is 6.57. The number of hydrogen-bond donors (Lipinski definition) is 2. The van der Waals surface area contributed by atoms with Crippen LogP contribution in [0.25, 0.3) is 22.7 Å². The molecule has 1 heterocycles. The van der Waals surface area contributed by atoms with Gasteiger partial charge in [-0.05, 0) is 29.8 Å². The molecule has 0 bridgehead atoms. The minimum Gasteiger partial charge on any atom is -0.496 e. The lowest BCUT2D eigenvalue weighted by Crippen LogP contribution is -2.24. The Bertz CT molecular complexity index is 1130. The molecule has 0 aliphatic rings. The standard InChI is InChI=1S/C24H21N3O2/c1-29-22-14-8-5-11-18(22)15-19(23-26-20-12-6-7-13-21(20)27-23)24(28)25-16-17-9-3-2-4-10-17/h2-15H,16H2,1H3,(H,25,28)(H,26,27)/b19-15+. The lowest BCUT2D eigenvalue weighted by Gasteiger charge is -2.09. The first kappa shape index (κ1) is 18.5. The van der Waals surface area contributed by atoms with Gasteiger partial charge in [-0.15, -0.1) is 0 Å². The van der Waals surface area contributed by atoms with Crippen LogP contribution in [0.15, 0.2) is 78.9 Å². The van der Waals surface area contributed by atoms with E-state index in [4.69, 9.17) is 4.74 Å². The maximum absolute atomic E-state index is 13.1. The first-order valence-corrected chi connectivity index (χ1v) is 9.36. The highest BCUT2D eigenvalue weighted by atomic mass is 16.5. The molecule has 4 rings (SSSR count). The average molecular weight is 383 g/mol. The number of imidazole rings is 1. The van der Waals surface area contributed by atoms with Crippen LogP contribution in [0.5, 0.6) is 5.75 Å². The maximum atomic E-state index is 13.1. The molecule has 5 heteroatoms. The lowest BCUT2D eigenvalue weighted by molar-refractivity contribution is -0.115. The molecule has 0 atom stereocenters. The van der Waals surface area contributed by atoms with Gasteiger partial charge >= 0.3 is 0 Å². The molecule has 1 aromatic heterocycles. The Morgan fingerprint density at radius 2 is 1.72 bits per heavy atom. The van der Waals surface area contributed by atoms with E-state index in [1.54, 1.807) is 13.2 Å². The van der Waals surface area contributed by atoms with Crippen LogP contribution in [0.1, 0.15) is 17.0 Å². The highest BCUT2D eigenvalue weighted by molar-refractivity contribution is 6.23. The van der Waals surface area contributed by atoms with E-state index in [-0.39, 0.29) is 5.91 Å². The van der Waals surface area contributed by atoms with Gasteiger partial charge in [0, 0.05) is 12.1 Å². The van der Waals surface area contributed by atoms with Gasteiger partial charge in [0.15, 0.2) is 0 Å². The predicted octanol–water partition coefficient (Wildman–Crippen LogP) is 4.43. The number of H-pyrrole nitrogens is 1. The molecule has 2 N–H and O–H groups in total. The highest BCUT2D eigenvalue weighted by Gasteiger charge is 2.17. The number of aromatic amines is 1. The highest BCUT2D eigenvalue weighted by Crippen LogP contribution is 2.25. The number of carbonyl (C=O) groups is 1. The number of ether oxygens (including phenoxy) is 1. The van der Waals surface area contributed by atoms with E-state index in [1.165, 1.54) is 0 Å². The number of nitrogens with zero attached hydrogens (tertiary/aromatic N) is 1. The quantitative estimate of drug-likeness (QED) is 0.484. The van der Waals surface area contributed by atoms with Crippen LogP contribution < -0.4 is 10.1 Å². The van der Waals surface area contributed by atoms with Crippen LogP contribution in [0.3, 0.4) is 0 Å². The smallest absolute Gasteiger partial charge is 0.255 e. The van der Waals surface area contributed by atoms with Gasteiger partial charge in [-0.25, -0.2) is 4.98 Å². The minimum absolute atomic E-state index is 0.209. The van der Waals surface area contributed by atoms with Crippen LogP contribution in [0.4, 0.5) is 0 Å². The second kappa shape index (κ2) is 8.44. The Labute approximate surface area is 169 Å². The molecule has 1 amide bonds. The van der Waals surface area contributed by atoms with Gasteiger partial charge in [0.25, 0.3) is 5.91 Å². The Hall–Kier alpha value is -3.86. The third-order valence-corrected chi connectivity index (χ3v) is 4.62. The van der Waals surface area contributed by atoms with Crippen molar-refractivity contribution in [3.05, 3.63) is 95.8 Å². The number of aromatic nitrogens is 2. The number of carbonyl (C=O) groups excluding carboxylic acids is 1. The molecule has 0 spiro atoms. The normalized spacial score (nSPS) is 11.4. The summed E-state index contributed by atoms with van der Waals surface area (Å²) in [6.07, 6.45) is 1.80. The molecule has 0 unspecified atom stereocenters. The average Bonchev–Trinajstić information content (AvgIpc) is 3.20. The van der Waals surface area contributed by atoms with Crippen molar-refractivity contribution in [2.24, 2.45) is 0 Å². The number of nitrogens with one attached hydrogen (secondary N) is 2. The second-order valence-corrected chi connectivity index (χ2v) is 6.57. The molecule has 5 nitrogen and oxygen atoms in total. The van der Waals surface area contributed by atoms with Gasteiger partial charge in [0.05, 0.1) is 23.7 Å². The fraction of sp³-hybridized carbons (Fsp3) is 0.0833. The van der Waals surface area contributed by atoms with Crippen LogP contribution >= 0.6 is 0 Å². The van der Waals surface area contributed by atoms with Gasteiger partial charge in [0.1, 0.15) is 11.6 Å². The van der Waals surface area contributed by atoms with Gasteiger partial charge in [-0.3, -0.25) is 4.79 Å². The van der Waals surface area contributed by atoms with Crippen LogP contribution in [0.2, 0.25) is 0 Å². The van der Waals surface area contributed by atoms with E-state index in [9.17, 15) is 4.79 Å². The molecular formula is C24H21N3O2. The van der Waals surface area contributed by atoms with Crippen LogP contribution in [0, 0.1) is 0 Å². The number of rotatable bonds is 6. The van der Waals surface area contributed by atoms with Crippen molar-refractivity contribution >= 4 is 28.6 Å². The Balaban J connectivity index is 1.72. The molecule has 0 fully saturated rings. The van der Waals surface area contributed by atoms with E-state index in [2.05, 4.69) is 15.3 Å². The summed E-state index contributed by atoms with van der Waals surface area (Å²) < 4.78 is 5.44. The SMILES string of the molecule is COc1ccccc1/C=C(/C(=O)NCc1ccccc1)c1nc2ccccc2[nH]1. The van der Waals surface area contributed by atoms with Crippen molar-refractivity contribution in [1.82, 2.24) is 15.3 Å². The molecule has 144 valence electrons. The van der Waals surface area contributed by atoms with Gasteiger partial charge in [-0.1, -0.05) is 60.7 Å². The van der Waals surface area contributed by atoms with E-state index in [0.717, 1.165) is 22.2 Å². The third-order valence-electron chi connectivity index (χ3n) is 4.62. The Morgan fingerprint density at radius 3 is 2.52 bits per heavy atom. The topological polar surface area (TPSA) is 67.0 Å². The summed E-state index contributed by atoms with van der Waals surface area (Å²) in [5.74, 6) is 0.999. The summed E-state index contributed by atoms with van der Waals surface area (Å²) in [7, 11) is 1.61. The zero-order chi connectivity index (χ0) is 20.1. The number of benzene rings is 3. The number of hydrogen-bond acceptors (Lipinski definition) is 3. The molecule has 29 heavy (non-hydrogen) atoms. The van der Waals surface area contributed by atoms with Crippen LogP contribution in [-0.4, -0.2) is 23.0 Å². The van der Waals surface area contributed by atoms with Gasteiger partial charge in [-0.2, -0.15) is 0 Å². The molecule has 0 saturated carbocycles. The molecule has 0 aliphatic carbocycles. The van der Waals surface area contributed by atoms with Crippen molar-refractivity contribution in [3.63, 3.8) is 0 Å². The Morgan fingerprint density at radius 1 is 1.00 bits per heavy atom. The van der Waals surface area contributed by atoms with Crippen LogP contribution in [-0.2, 0) is 11.3 Å². The fourth-order valence-corrected chi connectivity index (χ4v) is 3.14. The van der Waals surface area contributed by atoms with Crippen molar-refractivity contribution in [1.29, 1.82) is 0 Å². The summed E-state index contributed by atoms with van der Waals surface area (Å²) in [5.41, 5.74) is 3.97. The van der Waals surface area contributed by atoms with Crippen molar-refractivity contribution in [2.75, 3.05) is 7.11 Å². The maximum Gasteiger partial charge on any atom is 0.255 e. The van der Waals surface area contributed by atoms with E-state index in [1.807, 2.05) is 78.9 Å². The summed E-state index contributed by atoms with van der Waals surface area (Å²) in [5, 5.41) is 2.99. The first-order valence-electron chi connectivity index (χ1n) is 9.36. The Kier molecular flexibility index (Phi) is 5.38. The molecule has 4 aromatic rings. The van der Waals surface area contributed by atoms with Crippen molar-refractivity contribution in [2.45, 2.75) is 6.54 Å². The molecule has 0 radical (unpaired) electrons. The summed E-state index contributed by atoms with van der Waals surface area (Å²) in [6.45, 7) is 0.434. The number of amides is 1. The number of methoxy groups -OCH3 is 1. The zero-order valence-electron chi connectivity index (χ0n) is 16.1. The molecule has 0 aliphatic heterocycles. The molecule has 0 saturated heterocycles. The number of para-hydroxylation sites is 3. The van der Waals surface area contributed by atoms with Crippen molar-refractivity contribution < 1.29 is 9.53 Å². The van der Waals surface area contributed by atoms with Gasteiger partial charge < -0.3 is 15.0 Å². The van der Waals surface area contributed by atoms with E-state index in [0.29, 0.717) is 23.7 Å². The summed E-state index contributed by atoms with van der Waals surface area (Å²) in [6, 6.07) is 25.1. The third kappa shape index (κ3) is 4.19. The minimum atomic E-state index is -0.209. The molecule has 3 aromatic carbocycles.